The number of nitro benzene ring substituents is 1. The highest BCUT2D eigenvalue weighted by Gasteiger charge is 2.14. The molecule has 6 heteroatoms. The summed E-state index contributed by atoms with van der Waals surface area (Å²) in [6.45, 7) is 0.408. The largest absolute Gasteiger partial charge is 0.491 e. The van der Waals surface area contributed by atoms with Gasteiger partial charge in [-0.05, 0) is 11.6 Å². The van der Waals surface area contributed by atoms with Gasteiger partial charge in [-0.2, -0.15) is 12.6 Å². The van der Waals surface area contributed by atoms with E-state index >= 15 is 0 Å². The number of nitro groups is 1. The monoisotopic (exact) mass is 323 g/mol. The molecule has 0 saturated carbocycles. The molecule has 0 radical (unpaired) electrons. The van der Waals surface area contributed by atoms with Gasteiger partial charge in [0, 0.05) is 23.8 Å². The molecule has 4 nitrogen and oxygen atoms in total. The minimum atomic E-state index is -0.490. The second-order valence-electron chi connectivity index (χ2n) is 4.47. The van der Waals surface area contributed by atoms with Crippen molar-refractivity contribution in [1.29, 1.82) is 0 Å². The van der Waals surface area contributed by atoms with Crippen molar-refractivity contribution in [3.8, 4) is 5.75 Å². The van der Waals surface area contributed by atoms with E-state index in [1.807, 2.05) is 30.3 Å². The molecule has 0 heterocycles. The molecule has 0 aliphatic heterocycles. The summed E-state index contributed by atoms with van der Waals surface area (Å²) < 4.78 is 5.68. The highest BCUT2D eigenvalue weighted by atomic mass is 35.5. The molecule has 0 fully saturated rings. The lowest BCUT2D eigenvalue weighted by molar-refractivity contribution is -0.384. The van der Waals surface area contributed by atoms with Crippen molar-refractivity contribution in [3.05, 3.63) is 69.2 Å². The van der Waals surface area contributed by atoms with Gasteiger partial charge in [-0.15, -0.1) is 0 Å². The van der Waals surface area contributed by atoms with Crippen molar-refractivity contribution < 1.29 is 9.66 Å². The van der Waals surface area contributed by atoms with Gasteiger partial charge in [0.25, 0.3) is 5.69 Å². The van der Waals surface area contributed by atoms with Gasteiger partial charge >= 0.3 is 0 Å². The number of hydrogen-bond acceptors (Lipinski definition) is 4. The number of thiol groups is 1. The summed E-state index contributed by atoms with van der Waals surface area (Å²) in [5.74, 6) is 1.19. The summed E-state index contributed by atoms with van der Waals surface area (Å²) in [5.41, 5.74) is 1.08. The summed E-state index contributed by atoms with van der Waals surface area (Å²) in [4.78, 5) is 10.2. The molecule has 0 bridgehead atoms. The molecular weight excluding hydrogens is 310 g/mol. The normalized spacial score (nSPS) is 11.9. The molecule has 2 rings (SSSR count). The Balaban J connectivity index is 2.07. The molecule has 1 atom stereocenters. The summed E-state index contributed by atoms with van der Waals surface area (Å²) in [6.07, 6.45) is 0. The maximum Gasteiger partial charge on any atom is 0.271 e. The topological polar surface area (TPSA) is 52.4 Å². The maximum atomic E-state index is 10.7. The Bertz CT molecular complexity index is 622. The molecule has 0 N–H and O–H groups in total. The van der Waals surface area contributed by atoms with Crippen molar-refractivity contribution >= 4 is 29.9 Å². The van der Waals surface area contributed by atoms with Crippen molar-refractivity contribution in [2.45, 2.75) is 5.92 Å². The van der Waals surface area contributed by atoms with Gasteiger partial charge in [0.05, 0.1) is 16.6 Å². The summed E-state index contributed by atoms with van der Waals surface area (Å²) in [6, 6.07) is 14.1. The predicted octanol–water partition coefficient (Wildman–Crippen LogP) is 4.34. The molecule has 0 aromatic heterocycles. The molecule has 0 spiro atoms. The SMILES string of the molecule is O=[N+]([O-])c1ccc(OCC(CS)c2ccccc2)c(Cl)c1. The molecule has 110 valence electrons. The Morgan fingerprint density at radius 1 is 1.24 bits per heavy atom. The summed E-state index contributed by atoms with van der Waals surface area (Å²) >= 11 is 10.3. The minimum Gasteiger partial charge on any atom is -0.491 e. The lowest BCUT2D eigenvalue weighted by atomic mass is 10.0. The average molecular weight is 324 g/mol. The Labute approximate surface area is 133 Å². The summed E-state index contributed by atoms with van der Waals surface area (Å²) in [7, 11) is 0. The van der Waals surface area contributed by atoms with Crippen molar-refractivity contribution in [2.24, 2.45) is 0 Å². The average Bonchev–Trinajstić information content (AvgIpc) is 2.50. The lowest BCUT2D eigenvalue weighted by Gasteiger charge is -2.16. The van der Waals surface area contributed by atoms with E-state index in [-0.39, 0.29) is 16.6 Å². The number of rotatable bonds is 6. The standard InChI is InChI=1S/C15H14ClNO3S/c16-14-8-13(17(18)19)6-7-15(14)20-9-12(10-21)11-4-2-1-3-5-11/h1-8,12,21H,9-10H2. The number of halogens is 1. The highest BCUT2D eigenvalue weighted by Crippen LogP contribution is 2.30. The van der Waals surface area contributed by atoms with E-state index in [4.69, 9.17) is 16.3 Å². The molecule has 2 aromatic carbocycles. The smallest absolute Gasteiger partial charge is 0.271 e. The molecule has 1 unspecified atom stereocenters. The van der Waals surface area contributed by atoms with Crippen LogP contribution in [0, 0.1) is 10.1 Å². The first-order valence-electron chi connectivity index (χ1n) is 6.34. The zero-order chi connectivity index (χ0) is 15.2. The fourth-order valence-corrected chi connectivity index (χ4v) is 2.44. The van der Waals surface area contributed by atoms with Crippen LogP contribution in [0.4, 0.5) is 5.69 Å². The Morgan fingerprint density at radius 2 is 1.95 bits per heavy atom. The van der Waals surface area contributed by atoms with Crippen molar-refractivity contribution in [3.63, 3.8) is 0 Å². The quantitative estimate of drug-likeness (QED) is 0.489. The first-order chi connectivity index (χ1) is 10.1. The molecule has 0 aliphatic rings. The van der Waals surface area contributed by atoms with Crippen molar-refractivity contribution in [1.82, 2.24) is 0 Å². The van der Waals surface area contributed by atoms with Crippen LogP contribution in [0.2, 0.25) is 5.02 Å². The van der Waals surface area contributed by atoms with Crippen LogP contribution in [-0.2, 0) is 0 Å². The second-order valence-corrected chi connectivity index (χ2v) is 5.25. The van der Waals surface area contributed by atoms with Gasteiger partial charge in [0.1, 0.15) is 5.75 Å². The van der Waals surface area contributed by atoms with E-state index in [0.29, 0.717) is 18.1 Å². The fraction of sp³-hybridized carbons (Fsp3) is 0.200. The van der Waals surface area contributed by atoms with Gasteiger partial charge in [-0.25, -0.2) is 0 Å². The van der Waals surface area contributed by atoms with Crippen LogP contribution in [-0.4, -0.2) is 17.3 Å². The number of benzene rings is 2. The third-order valence-corrected chi connectivity index (χ3v) is 3.79. The predicted molar refractivity (Wildman–Crippen MR) is 86.6 cm³/mol. The second kappa shape index (κ2) is 7.33. The van der Waals surface area contributed by atoms with Gasteiger partial charge < -0.3 is 4.74 Å². The van der Waals surface area contributed by atoms with E-state index in [9.17, 15) is 10.1 Å². The molecular formula is C15H14ClNO3S. The van der Waals surface area contributed by atoms with Crippen LogP contribution >= 0.6 is 24.2 Å². The Morgan fingerprint density at radius 3 is 2.52 bits per heavy atom. The third-order valence-electron chi connectivity index (χ3n) is 3.06. The van der Waals surface area contributed by atoms with E-state index in [1.54, 1.807) is 0 Å². The first-order valence-corrected chi connectivity index (χ1v) is 7.35. The van der Waals surface area contributed by atoms with Crippen LogP contribution in [0.5, 0.6) is 5.75 Å². The zero-order valence-corrected chi connectivity index (χ0v) is 12.8. The van der Waals surface area contributed by atoms with Crippen LogP contribution in [0.3, 0.4) is 0 Å². The van der Waals surface area contributed by atoms with Gasteiger partial charge in [0.15, 0.2) is 0 Å². The fourth-order valence-electron chi connectivity index (χ4n) is 1.89. The van der Waals surface area contributed by atoms with E-state index in [2.05, 4.69) is 12.6 Å². The zero-order valence-electron chi connectivity index (χ0n) is 11.1. The highest BCUT2D eigenvalue weighted by molar-refractivity contribution is 7.80. The van der Waals surface area contributed by atoms with E-state index < -0.39 is 4.92 Å². The molecule has 21 heavy (non-hydrogen) atoms. The number of ether oxygens (including phenoxy) is 1. The van der Waals surface area contributed by atoms with Gasteiger partial charge in [-0.1, -0.05) is 41.9 Å². The third kappa shape index (κ3) is 4.12. The first kappa shape index (κ1) is 15.7. The number of hydrogen-bond donors (Lipinski definition) is 1. The van der Waals surface area contributed by atoms with Crippen LogP contribution in [0.15, 0.2) is 48.5 Å². The molecule has 0 saturated heterocycles. The van der Waals surface area contributed by atoms with Crippen LogP contribution in [0.1, 0.15) is 11.5 Å². The van der Waals surface area contributed by atoms with Crippen LogP contribution < -0.4 is 4.74 Å². The van der Waals surface area contributed by atoms with Crippen molar-refractivity contribution in [2.75, 3.05) is 12.4 Å². The summed E-state index contributed by atoms with van der Waals surface area (Å²) in [5, 5.41) is 10.9. The minimum absolute atomic E-state index is 0.0545. The van der Waals surface area contributed by atoms with Gasteiger partial charge in [0.2, 0.25) is 0 Å². The molecule has 2 aromatic rings. The number of nitrogens with zero attached hydrogens (tertiary/aromatic N) is 1. The lowest BCUT2D eigenvalue weighted by Crippen LogP contribution is -2.12. The number of non-ortho nitro benzene ring substituents is 1. The molecule has 0 amide bonds. The Kier molecular flexibility index (Phi) is 5.47. The van der Waals surface area contributed by atoms with Crippen LogP contribution in [0.25, 0.3) is 0 Å². The van der Waals surface area contributed by atoms with Gasteiger partial charge in [-0.3, -0.25) is 10.1 Å². The molecule has 0 aliphatic carbocycles. The van der Waals surface area contributed by atoms with E-state index in [0.717, 1.165) is 5.56 Å². The maximum absolute atomic E-state index is 10.7. The van der Waals surface area contributed by atoms with E-state index in [1.165, 1.54) is 18.2 Å². The Hall–Kier alpha value is -1.72.